The Labute approximate surface area is 241 Å². The van der Waals surface area contributed by atoms with Gasteiger partial charge >= 0.3 is 13.6 Å². The fourth-order valence-electron chi connectivity index (χ4n) is 5.14. The van der Waals surface area contributed by atoms with E-state index >= 15 is 0 Å². The molecular formula is C21H24FN5O10P2S2. The standard InChI is InChI=1S/C21H24FN5O10P2S2/c22-12-5-27(19-16(12)20(29)26-9-25-19)21-18-17(28)14(35-21)7-33-38(30,40)36-13-4-11(34-15-1-2-23-8-24-15)3-10(13)6-32-39(31,41)37-18/h1-2,5,8-11,13-14,17-18,21,28H,3-4,6-7H2,(H,30,40)(H,31,41)(H,25,26,29)/t10-,11-,13+,14-,17-,18-,21-,38+,39+/m1/s1. The van der Waals surface area contributed by atoms with Crippen molar-refractivity contribution >= 4 is 49.1 Å². The number of ether oxygens (including phenoxy) is 2. The lowest BCUT2D eigenvalue weighted by Crippen LogP contribution is -2.35. The van der Waals surface area contributed by atoms with Crippen LogP contribution in [0.4, 0.5) is 4.39 Å². The Hall–Kier alpha value is -1.85. The quantitative estimate of drug-likeness (QED) is 0.240. The van der Waals surface area contributed by atoms with Crippen LogP contribution in [-0.4, -0.2) is 73.3 Å². The minimum atomic E-state index is -4.21. The Bertz CT molecular complexity index is 1580. The molecule has 2 aliphatic heterocycles. The maximum atomic E-state index is 14.7. The van der Waals surface area contributed by atoms with Gasteiger partial charge in [0.2, 0.25) is 5.88 Å². The van der Waals surface area contributed by atoms with Crippen molar-refractivity contribution in [2.24, 2.45) is 5.92 Å². The highest BCUT2D eigenvalue weighted by Crippen LogP contribution is 2.60. The van der Waals surface area contributed by atoms with Crippen LogP contribution < -0.4 is 10.3 Å². The van der Waals surface area contributed by atoms with Gasteiger partial charge in [0.05, 0.1) is 25.6 Å². The smallest absolute Gasteiger partial charge is 0.386 e. The van der Waals surface area contributed by atoms with Crippen LogP contribution >= 0.6 is 38.1 Å². The molecule has 1 saturated carbocycles. The number of nitrogens with zero attached hydrogens (tertiary/aromatic N) is 4. The molecule has 41 heavy (non-hydrogen) atoms. The van der Waals surface area contributed by atoms with Gasteiger partial charge < -0.3 is 28.7 Å². The summed E-state index contributed by atoms with van der Waals surface area (Å²) in [6, 6.07) is 1.58. The van der Waals surface area contributed by atoms with E-state index in [1.165, 1.54) is 12.5 Å². The highest BCUT2D eigenvalue weighted by molar-refractivity contribution is 8.44. The van der Waals surface area contributed by atoms with Crippen molar-refractivity contribution in [3.05, 3.63) is 47.3 Å². The van der Waals surface area contributed by atoms with Gasteiger partial charge in [-0.25, -0.2) is 28.5 Å². The zero-order chi connectivity index (χ0) is 28.9. The predicted molar refractivity (Wildman–Crippen MR) is 144 cm³/mol. The fraction of sp³-hybridized carbons (Fsp3) is 0.524. The Morgan fingerprint density at radius 1 is 1.12 bits per heavy atom. The number of aromatic amines is 1. The topological polar surface area (TPSA) is 186 Å². The number of rotatable bonds is 3. The molecule has 20 heteroatoms. The highest BCUT2D eigenvalue weighted by Gasteiger charge is 2.51. The number of hydrogen-bond donors (Lipinski definition) is 4. The molecule has 6 rings (SSSR count). The van der Waals surface area contributed by atoms with E-state index in [9.17, 15) is 23.4 Å². The maximum Gasteiger partial charge on any atom is 0.386 e. The van der Waals surface area contributed by atoms with Crippen molar-refractivity contribution in [3.8, 4) is 5.88 Å². The maximum absolute atomic E-state index is 14.7. The Kier molecular flexibility index (Phi) is 8.08. The van der Waals surface area contributed by atoms with Crippen LogP contribution in [0.3, 0.4) is 0 Å². The summed E-state index contributed by atoms with van der Waals surface area (Å²) < 4.78 is 76.7. The molecule has 2 saturated heterocycles. The molecule has 15 nitrogen and oxygen atoms in total. The zero-order valence-electron chi connectivity index (χ0n) is 20.8. The Morgan fingerprint density at radius 2 is 1.90 bits per heavy atom. The minimum absolute atomic E-state index is 0.124. The third kappa shape index (κ3) is 6.13. The van der Waals surface area contributed by atoms with Crippen molar-refractivity contribution in [2.75, 3.05) is 13.2 Å². The average molecular weight is 652 g/mol. The van der Waals surface area contributed by atoms with Gasteiger partial charge in [-0.05, 0) is 6.42 Å². The summed E-state index contributed by atoms with van der Waals surface area (Å²) in [6.45, 7) is -8.97. The molecule has 0 aromatic carbocycles. The van der Waals surface area contributed by atoms with Gasteiger partial charge in [-0.3, -0.25) is 18.4 Å². The largest absolute Gasteiger partial charge is 0.474 e. The number of halogens is 1. The molecule has 0 spiro atoms. The number of aromatic nitrogens is 5. The van der Waals surface area contributed by atoms with Crippen LogP contribution in [0.25, 0.3) is 11.0 Å². The van der Waals surface area contributed by atoms with Crippen LogP contribution in [0.15, 0.2) is 35.9 Å². The Balaban J connectivity index is 1.28. The molecule has 1 aliphatic carbocycles. The second-order valence-corrected chi connectivity index (χ2v) is 15.4. The first-order chi connectivity index (χ1) is 19.5. The fourth-order valence-corrected chi connectivity index (χ4v) is 8.20. The summed E-state index contributed by atoms with van der Waals surface area (Å²) >= 11 is 8.19. The summed E-state index contributed by atoms with van der Waals surface area (Å²) in [6.07, 6.45) is -1.33. The first kappa shape index (κ1) is 29.2. The first-order valence-corrected chi connectivity index (χ1v) is 17.7. The molecule has 0 unspecified atom stereocenters. The van der Waals surface area contributed by atoms with E-state index < -0.39 is 74.2 Å². The molecule has 222 valence electrons. The number of H-pyrrole nitrogens is 1. The van der Waals surface area contributed by atoms with E-state index in [2.05, 4.69) is 44.4 Å². The summed E-state index contributed by atoms with van der Waals surface area (Å²) in [7, 11) is 0. The van der Waals surface area contributed by atoms with Crippen molar-refractivity contribution < 1.29 is 46.2 Å². The molecule has 5 heterocycles. The molecule has 3 aliphatic rings. The monoisotopic (exact) mass is 651 g/mol. The number of aliphatic hydroxyl groups excluding tert-OH is 1. The number of hydrogen-bond acceptors (Lipinski definition) is 13. The van der Waals surface area contributed by atoms with Crippen LogP contribution in [0.2, 0.25) is 0 Å². The summed E-state index contributed by atoms with van der Waals surface area (Å²) in [5.74, 6) is -1.08. The van der Waals surface area contributed by atoms with Crippen molar-refractivity contribution in [1.82, 2.24) is 24.5 Å². The Morgan fingerprint density at radius 3 is 2.68 bits per heavy atom. The van der Waals surface area contributed by atoms with Crippen molar-refractivity contribution in [3.63, 3.8) is 0 Å². The highest BCUT2D eigenvalue weighted by atomic mass is 32.7. The number of thiol groups is 2. The number of fused-ring (bicyclic) bond motifs is 4. The van der Waals surface area contributed by atoms with Gasteiger partial charge in [0.15, 0.2) is 17.7 Å². The average Bonchev–Trinajstić information content (AvgIpc) is 3.55. The summed E-state index contributed by atoms with van der Waals surface area (Å²) in [4.78, 5) is 26.4. The van der Waals surface area contributed by atoms with Gasteiger partial charge in [0.25, 0.3) is 5.56 Å². The van der Waals surface area contributed by atoms with Gasteiger partial charge in [0.1, 0.15) is 36.1 Å². The van der Waals surface area contributed by atoms with Crippen LogP contribution in [0.1, 0.15) is 19.1 Å². The normalized spacial score (nSPS) is 38.1. The van der Waals surface area contributed by atoms with Crippen LogP contribution in [0.5, 0.6) is 5.88 Å². The molecule has 2 bridgehead atoms. The van der Waals surface area contributed by atoms with E-state index in [4.69, 9.17) is 27.6 Å². The molecule has 3 aromatic heterocycles. The molecule has 0 amide bonds. The van der Waals surface area contributed by atoms with Crippen LogP contribution in [0, 0.1) is 11.7 Å². The second-order valence-electron chi connectivity index (χ2n) is 9.63. The molecular weight excluding hydrogens is 627 g/mol. The minimum Gasteiger partial charge on any atom is -0.474 e. The van der Waals surface area contributed by atoms with E-state index in [1.807, 2.05) is 0 Å². The second kappa shape index (κ2) is 11.3. The number of nitrogens with one attached hydrogen (secondary N) is 1. The van der Waals surface area contributed by atoms with Crippen molar-refractivity contribution in [1.29, 1.82) is 0 Å². The lowest BCUT2D eigenvalue weighted by Gasteiger charge is -2.26. The van der Waals surface area contributed by atoms with Gasteiger partial charge in [0, 0.05) is 30.8 Å². The summed E-state index contributed by atoms with van der Waals surface area (Å²) in [5.41, 5.74) is -0.866. The lowest BCUT2D eigenvalue weighted by atomic mass is 10.1. The third-order valence-corrected chi connectivity index (χ3v) is 10.2. The molecule has 3 fully saturated rings. The van der Waals surface area contributed by atoms with E-state index in [0.29, 0.717) is 12.3 Å². The van der Waals surface area contributed by atoms with E-state index in [1.54, 1.807) is 6.07 Å². The first-order valence-electron chi connectivity index (χ1n) is 12.3. The molecule has 0 radical (unpaired) electrons. The van der Waals surface area contributed by atoms with Gasteiger partial charge in [-0.1, -0.05) is 24.5 Å². The van der Waals surface area contributed by atoms with Crippen LogP contribution in [-0.2, 0) is 32.0 Å². The van der Waals surface area contributed by atoms with Gasteiger partial charge in [-0.2, -0.15) is 0 Å². The lowest BCUT2D eigenvalue weighted by molar-refractivity contribution is -0.0487. The SMILES string of the molecule is O=c1[nH]cnc2c1c(F)cn2[C@@H]1O[C@@H]2CO[P@](=O)(S)O[C@H]3C[C@H](Oc4ccncn4)C[C@@H]3CO[P@](=O)(S)O[C@@H]1[C@@H]2O. The zero-order valence-corrected chi connectivity index (χ0v) is 24.4. The molecule has 3 aromatic rings. The molecule has 9 atom stereocenters. The third-order valence-electron chi connectivity index (χ3n) is 6.96. The van der Waals surface area contributed by atoms with Gasteiger partial charge in [-0.15, -0.1) is 0 Å². The predicted octanol–water partition coefficient (Wildman–Crippen LogP) is 2.66. The number of aliphatic hydroxyl groups is 1. The van der Waals surface area contributed by atoms with E-state index in [-0.39, 0.29) is 24.1 Å². The van der Waals surface area contributed by atoms with Crippen molar-refractivity contribution in [2.45, 2.75) is 49.6 Å². The molecule has 2 N–H and O–H groups in total. The summed E-state index contributed by atoms with van der Waals surface area (Å²) in [5, 5.41) is 10.7. The van der Waals surface area contributed by atoms with E-state index in [0.717, 1.165) is 17.1 Å².